The van der Waals surface area contributed by atoms with Crippen LogP contribution in [0.15, 0.2) is 0 Å². The van der Waals surface area contributed by atoms with Crippen LogP contribution in [0.2, 0.25) is 0 Å². The highest BCUT2D eigenvalue weighted by molar-refractivity contribution is 5.79. The normalized spacial score (nSPS) is 54.0. The van der Waals surface area contributed by atoms with Gasteiger partial charge < -0.3 is 20.4 Å². The third kappa shape index (κ3) is 2.87. The van der Waals surface area contributed by atoms with Crippen molar-refractivity contribution in [1.29, 1.82) is 0 Å². The van der Waals surface area contributed by atoms with Gasteiger partial charge in [0.05, 0.1) is 12.2 Å². The molecule has 0 unspecified atom stereocenters. The molecule has 4 saturated carbocycles. The van der Waals surface area contributed by atoms with Crippen LogP contribution in [-0.2, 0) is 4.79 Å². The van der Waals surface area contributed by atoms with Gasteiger partial charge in [-0.15, -0.1) is 0 Å². The van der Waals surface area contributed by atoms with Crippen molar-refractivity contribution in [3.8, 4) is 0 Å². The molecule has 4 fully saturated rings. The minimum atomic E-state index is -1.76. The topological polar surface area (TPSA) is 98.0 Å². The molecule has 4 rings (SSSR count). The molecule has 172 valence electrons. The zero-order valence-electron chi connectivity index (χ0n) is 19.2. The first-order chi connectivity index (χ1) is 14.0. The third-order valence-electron chi connectivity index (χ3n) is 10.8. The van der Waals surface area contributed by atoms with Crippen molar-refractivity contribution >= 4 is 5.97 Å². The average molecular weight is 423 g/mol. The van der Waals surface area contributed by atoms with E-state index in [1.807, 2.05) is 6.92 Å². The maximum absolute atomic E-state index is 12.7. The molecule has 30 heavy (non-hydrogen) atoms. The number of aliphatic hydroxyl groups is 3. The summed E-state index contributed by atoms with van der Waals surface area (Å²) in [5.74, 6) is -0.308. The molecular weight excluding hydrogens is 380 g/mol. The number of rotatable bonds is 4. The van der Waals surface area contributed by atoms with E-state index < -0.39 is 23.1 Å². The fraction of sp³-hybridized carbons (Fsp3) is 0.960. The van der Waals surface area contributed by atoms with Crippen LogP contribution in [0, 0.1) is 46.3 Å². The molecule has 0 bridgehead atoms. The van der Waals surface area contributed by atoms with E-state index >= 15 is 0 Å². The number of carbonyl (C=O) groups is 1. The van der Waals surface area contributed by atoms with Crippen molar-refractivity contribution in [1.82, 2.24) is 0 Å². The van der Waals surface area contributed by atoms with Crippen LogP contribution in [0.4, 0.5) is 0 Å². The predicted molar refractivity (Wildman–Crippen MR) is 115 cm³/mol. The number of hydrogen-bond donors (Lipinski definition) is 4. The summed E-state index contributed by atoms with van der Waals surface area (Å²) < 4.78 is 0. The summed E-state index contributed by atoms with van der Waals surface area (Å²) in [4.78, 5) is 12.7. The molecule has 4 aliphatic carbocycles. The van der Waals surface area contributed by atoms with E-state index in [0.29, 0.717) is 18.8 Å². The molecule has 0 aromatic rings. The number of aliphatic carboxylic acids is 1. The van der Waals surface area contributed by atoms with Crippen molar-refractivity contribution in [2.45, 2.75) is 103 Å². The molecule has 0 amide bonds. The van der Waals surface area contributed by atoms with Gasteiger partial charge in [-0.1, -0.05) is 40.5 Å². The molecule has 4 aliphatic rings. The van der Waals surface area contributed by atoms with Gasteiger partial charge in [0.1, 0.15) is 0 Å². The molecule has 0 aromatic carbocycles. The lowest BCUT2D eigenvalue weighted by molar-refractivity contribution is -0.249. The number of carboxylic acids is 1. The van der Waals surface area contributed by atoms with Crippen LogP contribution in [0.1, 0.15) is 85.5 Å². The van der Waals surface area contributed by atoms with Crippen LogP contribution < -0.4 is 0 Å². The molecule has 0 spiro atoms. The van der Waals surface area contributed by atoms with E-state index in [1.54, 1.807) is 0 Å². The number of carboxylic acid groups (broad SMARTS) is 1. The Hall–Kier alpha value is -0.650. The van der Waals surface area contributed by atoms with Gasteiger partial charge in [0, 0.05) is 5.41 Å². The summed E-state index contributed by atoms with van der Waals surface area (Å²) in [6, 6.07) is 0. The largest absolute Gasteiger partial charge is 0.479 e. The summed E-state index contributed by atoms with van der Waals surface area (Å²) in [5, 5.41) is 43.9. The molecule has 0 saturated heterocycles. The standard InChI is InChI=1S/C25H42O5/c1-5-6-14(2)17-7-8-18-21-19(13-25(30,22(28)29)24(17,18)4)23(3)10-9-16(26)11-15(23)12-20(21)27/h14-21,26-27,30H,5-13H2,1-4H3,(H,28,29)/t14-,15+,16-,17-,18+,19+,20-,21+,23+,24-,25-/m1/s1. The Morgan fingerprint density at radius 1 is 1.10 bits per heavy atom. The fourth-order valence-corrected chi connectivity index (χ4v) is 9.15. The summed E-state index contributed by atoms with van der Waals surface area (Å²) in [7, 11) is 0. The Balaban J connectivity index is 1.78. The Bertz CT molecular complexity index is 680. The van der Waals surface area contributed by atoms with Gasteiger partial charge in [0.15, 0.2) is 5.60 Å². The second kappa shape index (κ2) is 7.45. The Morgan fingerprint density at radius 3 is 2.43 bits per heavy atom. The van der Waals surface area contributed by atoms with Crippen molar-refractivity contribution < 1.29 is 25.2 Å². The second-order valence-corrected chi connectivity index (χ2v) is 11.8. The van der Waals surface area contributed by atoms with Crippen LogP contribution in [-0.4, -0.2) is 44.2 Å². The number of fused-ring (bicyclic) bond motifs is 5. The van der Waals surface area contributed by atoms with E-state index in [9.17, 15) is 25.2 Å². The highest BCUT2D eigenvalue weighted by atomic mass is 16.4. The highest BCUT2D eigenvalue weighted by Gasteiger charge is 2.72. The Morgan fingerprint density at radius 2 is 1.80 bits per heavy atom. The smallest absolute Gasteiger partial charge is 0.336 e. The van der Waals surface area contributed by atoms with Crippen LogP contribution in [0.3, 0.4) is 0 Å². The predicted octanol–water partition coefficient (Wildman–Crippen LogP) is 3.84. The van der Waals surface area contributed by atoms with Gasteiger partial charge in [-0.25, -0.2) is 4.79 Å². The molecule has 5 heteroatoms. The summed E-state index contributed by atoms with van der Waals surface area (Å²) in [6.45, 7) is 8.64. The van der Waals surface area contributed by atoms with Gasteiger partial charge in [-0.05, 0) is 85.9 Å². The average Bonchev–Trinajstić information content (AvgIpc) is 3.03. The molecular formula is C25H42O5. The molecule has 0 aromatic heterocycles. The fourth-order valence-electron chi connectivity index (χ4n) is 9.15. The maximum atomic E-state index is 12.7. The molecule has 0 aliphatic heterocycles. The van der Waals surface area contributed by atoms with E-state index in [-0.39, 0.29) is 47.5 Å². The van der Waals surface area contributed by atoms with Crippen molar-refractivity contribution in [3.63, 3.8) is 0 Å². The first kappa shape index (κ1) is 22.5. The van der Waals surface area contributed by atoms with Gasteiger partial charge in [0.25, 0.3) is 0 Å². The van der Waals surface area contributed by atoms with E-state index in [4.69, 9.17) is 0 Å². The summed E-state index contributed by atoms with van der Waals surface area (Å²) >= 11 is 0. The van der Waals surface area contributed by atoms with E-state index in [0.717, 1.165) is 38.5 Å². The van der Waals surface area contributed by atoms with Crippen LogP contribution in [0.5, 0.6) is 0 Å². The van der Waals surface area contributed by atoms with Crippen molar-refractivity contribution in [2.24, 2.45) is 46.3 Å². The van der Waals surface area contributed by atoms with Gasteiger partial charge in [0.2, 0.25) is 0 Å². The lowest BCUT2D eigenvalue weighted by Crippen LogP contribution is -2.69. The lowest BCUT2D eigenvalue weighted by atomic mass is 9.40. The van der Waals surface area contributed by atoms with E-state index in [2.05, 4.69) is 20.8 Å². The highest BCUT2D eigenvalue weighted by Crippen LogP contribution is 2.71. The molecule has 4 N–H and O–H groups in total. The summed E-state index contributed by atoms with van der Waals surface area (Å²) in [5.41, 5.74) is -2.60. The first-order valence-electron chi connectivity index (χ1n) is 12.3. The zero-order chi connectivity index (χ0) is 22.1. The Labute approximate surface area is 181 Å². The summed E-state index contributed by atoms with van der Waals surface area (Å²) in [6.07, 6.45) is 6.32. The van der Waals surface area contributed by atoms with Crippen LogP contribution >= 0.6 is 0 Å². The third-order valence-corrected chi connectivity index (χ3v) is 10.8. The monoisotopic (exact) mass is 422 g/mol. The maximum Gasteiger partial charge on any atom is 0.336 e. The molecule has 5 nitrogen and oxygen atoms in total. The lowest BCUT2D eigenvalue weighted by Gasteiger charge is -2.65. The second-order valence-electron chi connectivity index (χ2n) is 11.8. The van der Waals surface area contributed by atoms with Crippen molar-refractivity contribution in [3.05, 3.63) is 0 Å². The first-order valence-corrected chi connectivity index (χ1v) is 12.3. The van der Waals surface area contributed by atoms with Gasteiger partial charge in [-0.2, -0.15) is 0 Å². The van der Waals surface area contributed by atoms with Crippen LogP contribution in [0.25, 0.3) is 0 Å². The zero-order valence-corrected chi connectivity index (χ0v) is 19.2. The SMILES string of the molecule is CCC[C@@H](C)[C@H]1CC[C@H]2[C@@H]3[C@H](O)C[C@@H]4C[C@H](O)CC[C@]4(C)[C@H]3C[C@@](O)(C(=O)O)[C@]12C. The number of hydrogen-bond acceptors (Lipinski definition) is 4. The van der Waals surface area contributed by atoms with E-state index in [1.165, 1.54) is 0 Å². The number of aliphatic hydroxyl groups excluding tert-OH is 2. The quantitative estimate of drug-likeness (QED) is 0.552. The minimum Gasteiger partial charge on any atom is -0.479 e. The Kier molecular flexibility index (Phi) is 5.60. The van der Waals surface area contributed by atoms with Gasteiger partial charge >= 0.3 is 5.97 Å². The minimum absolute atomic E-state index is 0.0156. The van der Waals surface area contributed by atoms with Crippen molar-refractivity contribution in [2.75, 3.05) is 0 Å². The van der Waals surface area contributed by atoms with Gasteiger partial charge in [-0.3, -0.25) is 0 Å². The molecule has 11 atom stereocenters. The molecule has 0 radical (unpaired) electrons. The molecule has 0 heterocycles.